The number of rotatable bonds is 1. The largest absolute Gasteiger partial charge is 0.481 e. The molecule has 2 heterocycles. The Balaban J connectivity index is 1.92. The third-order valence-corrected chi connectivity index (χ3v) is 3.77. The van der Waals surface area contributed by atoms with E-state index in [9.17, 15) is 18.0 Å². The van der Waals surface area contributed by atoms with Crippen LogP contribution in [0.5, 0.6) is 5.75 Å². The van der Waals surface area contributed by atoms with Crippen molar-refractivity contribution in [2.24, 2.45) is 0 Å². The Bertz CT molecular complexity index is 963. The maximum absolute atomic E-state index is 13.4. The molecule has 0 radical (unpaired) electrons. The van der Waals surface area contributed by atoms with Gasteiger partial charge in [0.1, 0.15) is 5.56 Å². The normalized spacial score (nSPS) is 14.2. The van der Waals surface area contributed by atoms with Gasteiger partial charge < -0.3 is 15.0 Å². The number of hydrogen-bond donors (Lipinski definition) is 2. The first-order valence-corrected chi connectivity index (χ1v) is 7.03. The molecule has 8 heteroatoms. The molecule has 122 valence electrons. The van der Waals surface area contributed by atoms with Gasteiger partial charge in [0.05, 0.1) is 23.0 Å². The van der Waals surface area contributed by atoms with Crippen LogP contribution in [0.4, 0.5) is 18.9 Å². The summed E-state index contributed by atoms with van der Waals surface area (Å²) in [5, 5.41) is 2.43. The van der Waals surface area contributed by atoms with E-state index < -0.39 is 24.3 Å². The second kappa shape index (κ2) is 4.98. The van der Waals surface area contributed by atoms with Crippen LogP contribution in [0.2, 0.25) is 0 Å². The average Bonchev–Trinajstić information content (AvgIpc) is 3.00. The summed E-state index contributed by atoms with van der Waals surface area (Å²) in [4.78, 5) is 18.4. The Hall–Kier alpha value is -3.03. The summed E-state index contributed by atoms with van der Waals surface area (Å²) in [6.07, 6.45) is -3.09. The van der Waals surface area contributed by atoms with Crippen molar-refractivity contribution in [2.45, 2.75) is 6.18 Å². The molecule has 0 atom stereocenters. The SMILES string of the molecule is O=C1COc2c(cc(-c3ccc4nc[nH]c4c3)cc2C(F)(F)F)N1. The number of aromatic nitrogens is 2. The number of nitrogens with one attached hydrogen (secondary N) is 2. The van der Waals surface area contributed by atoms with Crippen LogP contribution < -0.4 is 10.1 Å². The third-order valence-electron chi connectivity index (χ3n) is 3.77. The summed E-state index contributed by atoms with van der Waals surface area (Å²) < 4.78 is 45.1. The summed E-state index contributed by atoms with van der Waals surface area (Å²) >= 11 is 0. The fourth-order valence-corrected chi connectivity index (χ4v) is 2.69. The molecule has 0 saturated heterocycles. The zero-order valence-corrected chi connectivity index (χ0v) is 12.1. The molecule has 4 rings (SSSR count). The number of carbonyl (C=O) groups excluding carboxylic acids is 1. The van der Waals surface area contributed by atoms with Gasteiger partial charge in [-0.1, -0.05) is 6.07 Å². The molecule has 3 aromatic rings. The van der Waals surface area contributed by atoms with Gasteiger partial charge in [0.25, 0.3) is 5.91 Å². The van der Waals surface area contributed by atoms with E-state index in [0.29, 0.717) is 22.2 Å². The van der Waals surface area contributed by atoms with Gasteiger partial charge >= 0.3 is 6.18 Å². The number of alkyl halides is 3. The molecule has 1 aliphatic heterocycles. The standard InChI is InChI=1S/C16H10F3N3O2/c17-16(18,19)10-3-9(5-13-15(10)24-6-14(23)22-13)8-1-2-11-12(4-8)21-7-20-11/h1-5,7H,6H2,(H,20,21)(H,22,23). The molecule has 0 saturated carbocycles. The van der Waals surface area contributed by atoms with E-state index in [0.717, 1.165) is 6.07 Å². The molecular weight excluding hydrogens is 323 g/mol. The van der Waals surface area contributed by atoms with Gasteiger partial charge in [-0.15, -0.1) is 0 Å². The van der Waals surface area contributed by atoms with Crippen LogP contribution in [0.3, 0.4) is 0 Å². The minimum absolute atomic E-state index is 0.0146. The molecule has 1 aromatic heterocycles. The van der Waals surface area contributed by atoms with E-state index in [1.54, 1.807) is 18.2 Å². The van der Waals surface area contributed by atoms with Crippen LogP contribution in [0.15, 0.2) is 36.7 Å². The monoisotopic (exact) mass is 333 g/mol. The number of H-pyrrole nitrogens is 1. The lowest BCUT2D eigenvalue weighted by atomic mass is 9.99. The highest BCUT2D eigenvalue weighted by atomic mass is 19.4. The molecule has 0 fully saturated rings. The van der Waals surface area contributed by atoms with Crippen molar-refractivity contribution in [3.05, 3.63) is 42.2 Å². The Kier molecular flexibility index (Phi) is 3.02. The molecule has 2 aromatic carbocycles. The van der Waals surface area contributed by atoms with Crippen LogP contribution in [-0.4, -0.2) is 22.5 Å². The Morgan fingerprint density at radius 2 is 1.96 bits per heavy atom. The summed E-state index contributed by atoms with van der Waals surface area (Å²) in [5.41, 5.74) is 1.41. The first kappa shape index (κ1) is 14.6. The van der Waals surface area contributed by atoms with Gasteiger partial charge in [-0.3, -0.25) is 4.79 Å². The number of carbonyl (C=O) groups is 1. The second-order valence-corrected chi connectivity index (χ2v) is 5.37. The smallest absolute Gasteiger partial charge is 0.420 e. The lowest BCUT2D eigenvalue weighted by Gasteiger charge is -2.23. The number of hydrogen-bond acceptors (Lipinski definition) is 3. The van der Waals surface area contributed by atoms with E-state index in [1.165, 1.54) is 12.4 Å². The predicted molar refractivity (Wildman–Crippen MR) is 80.7 cm³/mol. The van der Waals surface area contributed by atoms with Crippen LogP contribution in [0, 0.1) is 0 Å². The fourth-order valence-electron chi connectivity index (χ4n) is 2.69. The number of imidazole rings is 1. The number of nitrogens with zero attached hydrogens (tertiary/aromatic N) is 1. The molecule has 0 bridgehead atoms. The Labute approximate surface area is 133 Å². The highest BCUT2D eigenvalue weighted by molar-refractivity contribution is 5.97. The number of ether oxygens (including phenoxy) is 1. The van der Waals surface area contributed by atoms with Gasteiger partial charge in [-0.2, -0.15) is 13.2 Å². The van der Waals surface area contributed by atoms with Crippen molar-refractivity contribution in [1.82, 2.24) is 9.97 Å². The number of aromatic amines is 1. The zero-order valence-electron chi connectivity index (χ0n) is 12.1. The second-order valence-electron chi connectivity index (χ2n) is 5.37. The van der Waals surface area contributed by atoms with Crippen LogP contribution in [0.25, 0.3) is 22.2 Å². The van der Waals surface area contributed by atoms with Gasteiger partial charge in [-0.05, 0) is 35.4 Å². The molecule has 0 unspecified atom stereocenters. The summed E-state index contributed by atoms with van der Waals surface area (Å²) in [5.74, 6) is -0.842. The number of halogens is 3. The highest BCUT2D eigenvalue weighted by Gasteiger charge is 2.37. The zero-order chi connectivity index (χ0) is 16.9. The molecule has 2 N–H and O–H groups in total. The molecule has 0 aliphatic carbocycles. The van der Waals surface area contributed by atoms with E-state index in [4.69, 9.17) is 4.74 Å². The summed E-state index contributed by atoms with van der Waals surface area (Å²) in [6.45, 7) is -0.435. The van der Waals surface area contributed by atoms with Crippen LogP contribution >= 0.6 is 0 Å². The first-order chi connectivity index (χ1) is 11.4. The van der Waals surface area contributed by atoms with E-state index >= 15 is 0 Å². The fraction of sp³-hybridized carbons (Fsp3) is 0.125. The number of fused-ring (bicyclic) bond motifs is 2. The summed E-state index contributed by atoms with van der Waals surface area (Å²) in [6, 6.07) is 7.59. The Morgan fingerprint density at radius 3 is 2.75 bits per heavy atom. The van der Waals surface area contributed by atoms with E-state index in [-0.39, 0.29) is 11.4 Å². The molecule has 1 amide bonds. The molecule has 0 spiro atoms. The van der Waals surface area contributed by atoms with Gasteiger partial charge in [-0.25, -0.2) is 4.98 Å². The maximum atomic E-state index is 13.4. The third kappa shape index (κ3) is 2.36. The van der Waals surface area contributed by atoms with Crippen LogP contribution in [0.1, 0.15) is 5.56 Å². The van der Waals surface area contributed by atoms with Crippen molar-refractivity contribution < 1.29 is 22.7 Å². The van der Waals surface area contributed by atoms with Gasteiger partial charge in [0.2, 0.25) is 0 Å². The number of amides is 1. The lowest BCUT2D eigenvalue weighted by Crippen LogP contribution is -2.27. The molecule has 24 heavy (non-hydrogen) atoms. The molecule has 1 aliphatic rings. The van der Waals surface area contributed by atoms with Crippen molar-refractivity contribution in [3.63, 3.8) is 0 Å². The summed E-state index contributed by atoms with van der Waals surface area (Å²) in [7, 11) is 0. The highest BCUT2D eigenvalue weighted by Crippen LogP contribution is 2.44. The van der Waals surface area contributed by atoms with Crippen molar-refractivity contribution in [3.8, 4) is 16.9 Å². The minimum Gasteiger partial charge on any atom is -0.481 e. The number of benzene rings is 2. The van der Waals surface area contributed by atoms with Crippen molar-refractivity contribution in [1.29, 1.82) is 0 Å². The van der Waals surface area contributed by atoms with Gasteiger partial charge in [0, 0.05) is 0 Å². The van der Waals surface area contributed by atoms with Gasteiger partial charge in [0.15, 0.2) is 12.4 Å². The lowest BCUT2D eigenvalue weighted by molar-refractivity contribution is -0.139. The topological polar surface area (TPSA) is 67.0 Å². The predicted octanol–water partition coefficient (Wildman–Crippen LogP) is 3.58. The molecule has 5 nitrogen and oxygen atoms in total. The van der Waals surface area contributed by atoms with Crippen molar-refractivity contribution >= 4 is 22.6 Å². The van der Waals surface area contributed by atoms with Crippen molar-refractivity contribution in [2.75, 3.05) is 11.9 Å². The van der Waals surface area contributed by atoms with E-state index in [1.807, 2.05) is 0 Å². The van der Waals surface area contributed by atoms with E-state index in [2.05, 4.69) is 15.3 Å². The van der Waals surface area contributed by atoms with Crippen LogP contribution in [-0.2, 0) is 11.0 Å². The molecular formula is C16H10F3N3O2. The number of anilines is 1. The maximum Gasteiger partial charge on any atom is 0.420 e. The average molecular weight is 333 g/mol. The minimum atomic E-state index is -4.60. The first-order valence-electron chi connectivity index (χ1n) is 7.03. The Morgan fingerprint density at radius 1 is 1.12 bits per heavy atom. The quantitative estimate of drug-likeness (QED) is 0.715.